The highest BCUT2D eigenvalue weighted by molar-refractivity contribution is 5.30. The van der Waals surface area contributed by atoms with E-state index >= 15 is 0 Å². The third kappa shape index (κ3) is 4.84. The maximum absolute atomic E-state index is 5.79. The van der Waals surface area contributed by atoms with E-state index in [-0.39, 0.29) is 6.10 Å². The van der Waals surface area contributed by atoms with E-state index < -0.39 is 0 Å². The van der Waals surface area contributed by atoms with Gasteiger partial charge in [0, 0.05) is 57.2 Å². The SMILES string of the molecule is CCN1CCO[C@@H](CNCc2cnc(N3CCOCC3)nc2)C1. The van der Waals surface area contributed by atoms with Gasteiger partial charge in [-0.2, -0.15) is 0 Å². The second-order valence-corrected chi connectivity index (χ2v) is 6.01. The molecule has 128 valence electrons. The van der Waals surface area contributed by atoms with Gasteiger partial charge in [-0.3, -0.25) is 4.90 Å². The van der Waals surface area contributed by atoms with Crippen molar-refractivity contribution in [2.45, 2.75) is 19.6 Å². The van der Waals surface area contributed by atoms with E-state index in [1.165, 1.54) is 0 Å². The second-order valence-electron chi connectivity index (χ2n) is 6.01. The molecule has 0 unspecified atom stereocenters. The molecule has 1 N–H and O–H groups in total. The van der Waals surface area contributed by atoms with Crippen LogP contribution in [-0.4, -0.2) is 80.1 Å². The van der Waals surface area contributed by atoms with Crippen LogP contribution in [-0.2, 0) is 16.0 Å². The van der Waals surface area contributed by atoms with Crippen molar-refractivity contribution >= 4 is 5.95 Å². The van der Waals surface area contributed by atoms with Crippen LogP contribution in [0.4, 0.5) is 5.95 Å². The summed E-state index contributed by atoms with van der Waals surface area (Å²) in [5.41, 5.74) is 1.10. The summed E-state index contributed by atoms with van der Waals surface area (Å²) in [6, 6.07) is 0. The van der Waals surface area contributed by atoms with Crippen LogP contribution in [0.15, 0.2) is 12.4 Å². The topological polar surface area (TPSA) is 62.8 Å². The van der Waals surface area contributed by atoms with Crippen molar-refractivity contribution in [1.29, 1.82) is 0 Å². The number of anilines is 1. The van der Waals surface area contributed by atoms with E-state index in [0.29, 0.717) is 0 Å². The first-order chi connectivity index (χ1) is 11.3. The quantitative estimate of drug-likeness (QED) is 0.799. The van der Waals surface area contributed by atoms with Gasteiger partial charge in [-0.1, -0.05) is 6.92 Å². The van der Waals surface area contributed by atoms with Gasteiger partial charge in [-0.25, -0.2) is 9.97 Å². The first-order valence-electron chi connectivity index (χ1n) is 8.53. The van der Waals surface area contributed by atoms with Crippen molar-refractivity contribution in [2.24, 2.45) is 0 Å². The lowest BCUT2D eigenvalue weighted by Gasteiger charge is -2.32. The van der Waals surface area contributed by atoms with Gasteiger partial charge in [0.05, 0.1) is 25.9 Å². The molecule has 0 radical (unpaired) electrons. The molecule has 7 heteroatoms. The lowest BCUT2D eigenvalue weighted by Crippen LogP contribution is -2.46. The molecule has 0 saturated carbocycles. The van der Waals surface area contributed by atoms with Crippen LogP contribution in [0.5, 0.6) is 0 Å². The fourth-order valence-electron chi connectivity index (χ4n) is 2.93. The van der Waals surface area contributed by atoms with Gasteiger partial charge in [-0.15, -0.1) is 0 Å². The fraction of sp³-hybridized carbons (Fsp3) is 0.750. The summed E-state index contributed by atoms with van der Waals surface area (Å²) in [4.78, 5) is 13.5. The number of ether oxygens (including phenoxy) is 2. The Morgan fingerprint density at radius 2 is 1.96 bits per heavy atom. The van der Waals surface area contributed by atoms with Gasteiger partial charge >= 0.3 is 0 Å². The smallest absolute Gasteiger partial charge is 0.225 e. The van der Waals surface area contributed by atoms with E-state index in [4.69, 9.17) is 9.47 Å². The Balaban J connectivity index is 1.41. The first-order valence-corrected chi connectivity index (χ1v) is 8.53. The summed E-state index contributed by atoms with van der Waals surface area (Å²) in [6.07, 6.45) is 4.09. The zero-order valence-electron chi connectivity index (χ0n) is 13.9. The van der Waals surface area contributed by atoms with Crippen molar-refractivity contribution in [2.75, 3.05) is 64.0 Å². The lowest BCUT2D eigenvalue weighted by atomic mass is 10.2. The van der Waals surface area contributed by atoms with E-state index in [1.807, 2.05) is 12.4 Å². The van der Waals surface area contributed by atoms with Gasteiger partial charge in [-0.05, 0) is 6.54 Å². The predicted octanol–water partition coefficient (Wildman–Crippen LogP) is 0.124. The minimum Gasteiger partial charge on any atom is -0.378 e. The Labute approximate surface area is 138 Å². The number of morpholine rings is 2. The summed E-state index contributed by atoms with van der Waals surface area (Å²) in [5, 5.41) is 3.45. The second kappa shape index (κ2) is 8.54. The molecular formula is C16H27N5O2. The Morgan fingerprint density at radius 3 is 2.70 bits per heavy atom. The number of nitrogens with one attached hydrogen (secondary N) is 1. The van der Waals surface area contributed by atoms with Crippen molar-refractivity contribution < 1.29 is 9.47 Å². The number of hydrogen-bond donors (Lipinski definition) is 1. The Hall–Kier alpha value is -1.28. The van der Waals surface area contributed by atoms with Crippen LogP contribution < -0.4 is 10.2 Å². The molecule has 2 fully saturated rings. The first kappa shape index (κ1) is 16.6. The molecule has 2 saturated heterocycles. The van der Waals surface area contributed by atoms with E-state index in [9.17, 15) is 0 Å². The average Bonchev–Trinajstić information content (AvgIpc) is 2.63. The number of nitrogens with zero attached hydrogens (tertiary/aromatic N) is 4. The van der Waals surface area contributed by atoms with Crippen LogP contribution in [0.1, 0.15) is 12.5 Å². The maximum Gasteiger partial charge on any atom is 0.225 e. The molecule has 2 aliphatic rings. The van der Waals surface area contributed by atoms with Gasteiger partial charge in [0.2, 0.25) is 5.95 Å². The van der Waals surface area contributed by atoms with Gasteiger partial charge in [0.1, 0.15) is 0 Å². The minimum atomic E-state index is 0.275. The molecule has 23 heavy (non-hydrogen) atoms. The van der Waals surface area contributed by atoms with E-state index in [1.54, 1.807) is 0 Å². The van der Waals surface area contributed by atoms with Gasteiger partial charge in [0.15, 0.2) is 0 Å². The minimum absolute atomic E-state index is 0.275. The largest absolute Gasteiger partial charge is 0.378 e. The Kier molecular flexibility index (Phi) is 6.15. The maximum atomic E-state index is 5.79. The summed E-state index contributed by atoms with van der Waals surface area (Å²) in [6.45, 7) is 11.1. The molecular weight excluding hydrogens is 294 g/mol. The standard InChI is InChI=1S/C16H27N5O2/c1-2-20-3-8-23-15(13-20)12-17-9-14-10-18-16(19-11-14)21-4-6-22-7-5-21/h10-11,15,17H,2-9,12-13H2,1H3/t15-/m0/s1. The van der Waals surface area contributed by atoms with E-state index in [0.717, 1.165) is 77.1 Å². The highest BCUT2D eigenvalue weighted by Crippen LogP contribution is 2.09. The highest BCUT2D eigenvalue weighted by atomic mass is 16.5. The molecule has 7 nitrogen and oxygen atoms in total. The summed E-state index contributed by atoms with van der Waals surface area (Å²) in [5.74, 6) is 0.797. The molecule has 2 aliphatic heterocycles. The summed E-state index contributed by atoms with van der Waals surface area (Å²) in [7, 11) is 0. The molecule has 0 bridgehead atoms. The highest BCUT2D eigenvalue weighted by Gasteiger charge is 2.18. The number of hydrogen-bond acceptors (Lipinski definition) is 7. The molecule has 0 aliphatic carbocycles. The molecule has 0 aromatic carbocycles. The van der Waals surface area contributed by atoms with Crippen LogP contribution in [0.2, 0.25) is 0 Å². The van der Waals surface area contributed by atoms with Crippen LogP contribution >= 0.6 is 0 Å². The number of rotatable bonds is 6. The molecule has 1 atom stereocenters. The number of likely N-dealkylation sites (N-methyl/N-ethyl adjacent to an activating group) is 1. The summed E-state index contributed by atoms with van der Waals surface area (Å²) < 4.78 is 11.1. The van der Waals surface area contributed by atoms with Crippen molar-refractivity contribution in [3.8, 4) is 0 Å². The molecule has 0 amide bonds. The van der Waals surface area contributed by atoms with E-state index in [2.05, 4.69) is 32.0 Å². The average molecular weight is 321 g/mol. The number of aromatic nitrogens is 2. The van der Waals surface area contributed by atoms with Gasteiger partial charge < -0.3 is 19.7 Å². The molecule has 1 aromatic rings. The van der Waals surface area contributed by atoms with Crippen LogP contribution in [0.25, 0.3) is 0 Å². The predicted molar refractivity (Wildman–Crippen MR) is 88.6 cm³/mol. The zero-order valence-corrected chi connectivity index (χ0v) is 13.9. The Morgan fingerprint density at radius 1 is 1.17 bits per heavy atom. The normalized spacial score (nSPS) is 23.2. The third-order valence-corrected chi connectivity index (χ3v) is 4.36. The third-order valence-electron chi connectivity index (χ3n) is 4.36. The lowest BCUT2D eigenvalue weighted by molar-refractivity contribution is -0.0253. The molecule has 3 heterocycles. The van der Waals surface area contributed by atoms with Crippen LogP contribution in [0, 0.1) is 0 Å². The molecule has 3 rings (SSSR count). The monoisotopic (exact) mass is 321 g/mol. The van der Waals surface area contributed by atoms with Crippen molar-refractivity contribution in [3.05, 3.63) is 18.0 Å². The van der Waals surface area contributed by atoms with Crippen molar-refractivity contribution in [1.82, 2.24) is 20.2 Å². The molecule has 0 spiro atoms. The van der Waals surface area contributed by atoms with Crippen molar-refractivity contribution in [3.63, 3.8) is 0 Å². The molecule has 1 aromatic heterocycles. The fourth-order valence-corrected chi connectivity index (χ4v) is 2.93. The van der Waals surface area contributed by atoms with Gasteiger partial charge in [0.25, 0.3) is 0 Å². The summed E-state index contributed by atoms with van der Waals surface area (Å²) >= 11 is 0. The van der Waals surface area contributed by atoms with Crippen LogP contribution in [0.3, 0.4) is 0 Å². The zero-order chi connectivity index (χ0) is 15.9. The Bertz CT molecular complexity index is 464.